The predicted molar refractivity (Wildman–Crippen MR) is 68.6 cm³/mol. The third-order valence-corrected chi connectivity index (χ3v) is 2.63. The normalized spacial score (nSPS) is 10.2. The summed E-state index contributed by atoms with van der Waals surface area (Å²) in [5, 5.41) is 8.66. The quantitative estimate of drug-likeness (QED) is 0.816. The van der Waals surface area contributed by atoms with Gasteiger partial charge in [0, 0.05) is 6.54 Å². The van der Waals surface area contributed by atoms with Crippen LogP contribution in [0.15, 0.2) is 24.3 Å². The average Bonchev–Trinajstić information content (AvgIpc) is 2.69. The molecule has 0 fully saturated rings. The minimum atomic E-state index is -0.0893. The summed E-state index contributed by atoms with van der Waals surface area (Å²) in [6, 6.07) is 8.12. The molecule has 0 bridgehead atoms. The number of benzene rings is 1. The smallest absolute Gasteiger partial charge is 0.121 e. The molecule has 1 N–H and O–H groups in total. The van der Waals surface area contributed by atoms with Gasteiger partial charge in [-0.3, -0.25) is 0 Å². The van der Waals surface area contributed by atoms with E-state index in [9.17, 15) is 0 Å². The average molecular weight is 228 g/mol. The Kier molecular flexibility index (Phi) is 3.79. The molecule has 1 aromatic carbocycles. The lowest BCUT2D eigenvalue weighted by atomic mass is 10.3. The van der Waals surface area contributed by atoms with Crippen LogP contribution < -0.4 is 0 Å². The topological polar surface area (TPSA) is 38.0 Å². The van der Waals surface area contributed by atoms with E-state index < -0.39 is 0 Å². The van der Waals surface area contributed by atoms with Gasteiger partial charge in [0.25, 0.3) is 0 Å². The number of fused-ring (bicyclic) bond motifs is 1. The Balaban J connectivity index is 2.42. The van der Waals surface area contributed by atoms with Gasteiger partial charge in [0.2, 0.25) is 0 Å². The first-order valence-corrected chi connectivity index (χ1v) is 5.87. The molecule has 0 spiro atoms. The van der Waals surface area contributed by atoms with E-state index in [1.807, 2.05) is 18.2 Å². The largest absolute Gasteiger partial charge is 0.384 e. The molecule has 3 heteroatoms. The second kappa shape index (κ2) is 5.51. The Morgan fingerprint density at radius 3 is 2.88 bits per heavy atom. The zero-order chi connectivity index (χ0) is 12.1. The first kappa shape index (κ1) is 11.7. The third kappa shape index (κ3) is 2.48. The van der Waals surface area contributed by atoms with E-state index in [-0.39, 0.29) is 6.61 Å². The fourth-order valence-electron chi connectivity index (χ4n) is 1.93. The number of aliphatic hydroxyl groups is 1. The van der Waals surface area contributed by atoms with Crippen molar-refractivity contribution in [1.82, 2.24) is 9.55 Å². The van der Waals surface area contributed by atoms with Crippen LogP contribution in [0, 0.1) is 11.8 Å². The number of aliphatic hydroxyl groups excluding tert-OH is 1. The summed E-state index contributed by atoms with van der Waals surface area (Å²) in [4.78, 5) is 4.58. The second-order valence-electron chi connectivity index (χ2n) is 3.86. The van der Waals surface area contributed by atoms with Crippen LogP contribution in [0.5, 0.6) is 0 Å². The first-order valence-electron chi connectivity index (χ1n) is 5.87. The van der Waals surface area contributed by atoms with E-state index in [1.54, 1.807) is 0 Å². The Morgan fingerprint density at radius 2 is 2.12 bits per heavy atom. The maximum Gasteiger partial charge on any atom is 0.121 e. The molecule has 0 amide bonds. The monoisotopic (exact) mass is 228 g/mol. The number of hydrogen-bond acceptors (Lipinski definition) is 2. The van der Waals surface area contributed by atoms with E-state index >= 15 is 0 Å². The molecule has 0 aliphatic heterocycles. The zero-order valence-corrected chi connectivity index (χ0v) is 9.98. The van der Waals surface area contributed by atoms with Gasteiger partial charge in [-0.1, -0.05) is 30.9 Å². The molecule has 0 atom stereocenters. The van der Waals surface area contributed by atoms with E-state index in [2.05, 4.69) is 34.4 Å². The first-order chi connectivity index (χ1) is 8.36. The van der Waals surface area contributed by atoms with Crippen molar-refractivity contribution in [2.45, 2.75) is 26.3 Å². The van der Waals surface area contributed by atoms with Crippen LogP contribution in [0.25, 0.3) is 11.0 Å². The van der Waals surface area contributed by atoms with Crippen LogP contribution in [0.4, 0.5) is 0 Å². The molecule has 0 saturated carbocycles. The molecule has 3 nitrogen and oxygen atoms in total. The van der Waals surface area contributed by atoms with Crippen LogP contribution in [0.1, 0.15) is 19.2 Å². The van der Waals surface area contributed by atoms with Crippen molar-refractivity contribution >= 4 is 11.0 Å². The highest BCUT2D eigenvalue weighted by atomic mass is 16.2. The predicted octanol–water partition coefficient (Wildman–Crippen LogP) is 1.98. The summed E-state index contributed by atoms with van der Waals surface area (Å²) in [6.07, 6.45) is 1.66. The number of aromatic nitrogens is 2. The van der Waals surface area contributed by atoms with E-state index in [0.717, 1.165) is 29.8 Å². The highest BCUT2D eigenvalue weighted by molar-refractivity contribution is 5.75. The Bertz CT molecular complexity index is 560. The van der Waals surface area contributed by atoms with Crippen molar-refractivity contribution in [3.8, 4) is 11.8 Å². The van der Waals surface area contributed by atoms with Gasteiger partial charge in [-0.05, 0) is 18.6 Å². The molecule has 17 heavy (non-hydrogen) atoms. The summed E-state index contributed by atoms with van der Waals surface area (Å²) >= 11 is 0. The van der Waals surface area contributed by atoms with Gasteiger partial charge in [-0.15, -0.1) is 0 Å². The maximum absolute atomic E-state index is 8.66. The molecular weight excluding hydrogens is 212 g/mol. The van der Waals surface area contributed by atoms with Crippen molar-refractivity contribution < 1.29 is 5.11 Å². The number of hydrogen-bond donors (Lipinski definition) is 1. The van der Waals surface area contributed by atoms with E-state index in [0.29, 0.717) is 6.42 Å². The molecular formula is C14H16N2O. The Labute approximate surface area is 101 Å². The van der Waals surface area contributed by atoms with Crippen molar-refractivity contribution in [1.29, 1.82) is 0 Å². The lowest BCUT2D eigenvalue weighted by molar-refractivity contribution is 0.350. The lowest BCUT2D eigenvalue weighted by Gasteiger charge is -2.04. The van der Waals surface area contributed by atoms with Gasteiger partial charge in [-0.2, -0.15) is 0 Å². The third-order valence-electron chi connectivity index (χ3n) is 2.63. The van der Waals surface area contributed by atoms with Crippen LogP contribution in [0.3, 0.4) is 0 Å². The zero-order valence-electron chi connectivity index (χ0n) is 9.98. The molecule has 1 aromatic heterocycles. The summed E-state index contributed by atoms with van der Waals surface area (Å²) in [5.74, 6) is 6.57. The standard InChI is InChI=1S/C14H16N2O/c1-2-10-16-13-8-4-3-7-12(13)15-14(16)9-5-6-11-17/h3-4,7-8,17H,2,9-11H2,1H3. The number of nitrogens with zero attached hydrogens (tertiary/aromatic N) is 2. The van der Waals surface area contributed by atoms with Gasteiger partial charge in [0.05, 0.1) is 17.5 Å². The summed E-state index contributed by atoms with van der Waals surface area (Å²) in [6.45, 7) is 3.02. The maximum atomic E-state index is 8.66. The van der Waals surface area contributed by atoms with Crippen LogP contribution in [-0.4, -0.2) is 21.3 Å². The molecule has 0 radical (unpaired) electrons. The van der Waals surface area contributed by atoms with Crippen LogP contribution in [0.2, 0.25) is 0 Å². The molecule has 1 heterocycles. The minimum absolute atomic E-state index is 0.0893. The van der Waals surface area contributed by atoms with Crippen molar-refractivity contribution in [2.24, 2.45) is 0 Å². The van der Waals surface area contributed by atoms with Crippen LogP contribution >= 0.6 is 0 Å². The summed E-state index contributed by atoms with van der Waals surface area (Å²) in [5.41, 5.74) is 2.18. The van der Waals surface area contributed by atoms with Gasteiger partial charge < -0.3 is 9.67 Å². The minimum Gasteiger partial charge on any atom is -0.384 e. The van der Waals surface area contributed by atoms with Crippen molar-refractivity contribution in [3.05, 3.63) is 30.1 Å². The highest BCUT2D eigenvalue weighted by Gasteiger charge is 2.07. The molecule has 0 aliphatic rings. The number of para-hydroxylation sites is 2. The molecule has 0 unspecified atom stereocenters. The second-order valence-corrected chi connectivity index (χ2v) is 3.86. The molecule has 88 valence electrons. The van der Waals surface area contributed by atoms with Gasteiger partial charge in [-0.25, -0.2) is 4.98 Å². The Hall–Kier alpha value is -1.79. The van der Waals surface area contributed by atoms with Gasteiger partial charge in [0.1, 0.15) is 12.4 Å². The fraction of sp³-hybridized carbons (Fsp3) is 0.357. The van der Waals surface area contributed by atoms with E-state index in [1.165, 1.54) is 0 Å². The highest BCUT2D eigenvalue weighted by Crippen LogP contribution is 2.16. The van der Waals surface area contributed by atoms with E-state index in [4.69, 9.17) is 5.11 Å². The van der Waals surface area contributed by atoms with Crippen molar-refractivity contribution in [2.75, 3.05) is 6.61 Å². The molecule has 2 rings (SSSR count). The van der Waals surface area contributed by atoms with Crippen molar-refractivity contribution in [3.63, 3.8) is 0 Å². The molecule has 2 aromatic rings. The molecule has 0 aliphatic carbocycles. The van der Waals surface area contributed by atoms with Crippen LogP contribution in [-0.2, 0) is 13.0 Å². The molecule has 0 saturated heterocycles. The summed E-state index contributed by atoms with van der Waals surface area (Å²) in [7, 11) is 0. The van der Waals surface area contributed by atoms with Gasteiger partial charge in [0.15, 0.2) is 0 Å². The SMILES string of the molecule is CCCn1c(CC#CCO)nc2ccccc21. The summed E-state index contributed by atoms with van der Waals surface area (Å²) < 4.78 is 2.21. The number of rotatable bonds is 3. The van der Waals surface area contributed by atoms with Gasteiger partial charge >= 0.3 is 0 Å². The Morgan fingerprint density at radius 1 is 1.29 bits per heavy atom. The lowest BCUT2D eigenvalue weighted by Crippen LogP contribution is -2.02. The fourth-order valence-corrected chi connectivity index (χ4v) is 1.93. The number of aryl methyl sites for hydroxylation is 1. The number of imidazole rings is 1.